The van der Waals surface area contributed by atoms with Gasteiger partial charge in [0.05, 0.1) is 0 Å². The van der Waals surface area contributed by atoms with Crippen LogP contribution in [0.15, 0.2) is 60.6 Å². The summed E-state index contributed by atoms with van der Waals surface area (Å²) in [5.41, 5.74) is 1.14. The molecule has 4 heteroatoms. The van der Waals surface area contributed by atoms with E-state index in [1.165, 1.54) is 0 Å². The van der Waals surface area contributed by atoms with Gasteiger partial charge in [-0.25, -0.2) is 0 Å². The first-order valence-electron chi connectivity index (χ1n) is 6.15. The molecule has 1 heterocycles. The maximum atomic E-state index is 5.87. The predicted octanol–water partition coefficient (Wildman–Crippen LogP) is 0.786. The van der Waals surface area contributed by atoms with Crippen molar-refractivity contribution in [3.63, 3.8) is 0 Å². The minimum atomic E-state index is -1.41. The van der Waals surface area contributed by atoms with Gasteiger partial charge in [-0.3, -0.25) is 0 Å². The summed E-state index contributed by atoms with van der Waals surface area (Å²) in [4.78, 5) is 0. The number of hydrogen-bond acceptors (Lipinski definition) is 2. The molecule has 0 atom stereocenters. The number of hydrogen-bond donors (Lipinski definition) is 0. The molecule has 0 aliphatic carbocycles. The van der Waals surface area contributed by atoms with Gasteiger partial charge in [0.15, 0.2) is 0 Å². The van der Waals surface area contributed by atoms with Crippen LogP contribution >= 0.6 is 0 Å². The number of rotatable bonds is 2. The van der Waals surface area contributed by atoms with Crippen LogP contribution in [0.25, 0.3) is 6.08 Å². The van der Waals surface area contributed by atoms with Crippen LogP contribution < -0.4 is 28.2 Å². The Labute approximate surface area is 125 Å². The van der Waals surface area contributed by atoms with Crippen molar-refractivity contribution in [2.24, 2.45) is 0 Å². The van der Waals surface area contributed by atoms with Crippen LogP contribution in [0.2, 0.25) is 6.82 Å². The second kappa shape index (κ2) is 5.61. The van der Waals surface area contributed by atoms with E-state index in [0.29, 0.717) is 0 Å². The summed E-state index contributed by atoms with van der Waals surface area (Å²) in [6, 6.07) is 17.9. The Hall–Kier alpha value is -1.56. The van der Waals surface area contributed by atoms with Crippen LogP contribution in [-0.2, 0) is 0 Å². The molecule has 0 fully saturated rings. The molecule has 2 aromatic rings. The van der Waals surface area contributed by atoms with Gasteiger partial charge in [-0.05, 0) is 17.7 Å². The van der Waals surface area contributed by atoms with Gasteiger partial charge < -0.3 is 9.31 Å². The van der Waals surface area contributed by atoms with Crippen LogP contribution in [0.3, 0.4) is 0 Å². The van der Waals surface area contributed by atoms with Crippen LogP contribution in [0.1, 0.15) is 5.56 Å². The van der Waals surface area contributed by atoms with Crippen molar-refractivity contribution in [2.45, 2.75) is 6.82 Å². The van der Waals surface area contributed by atoms with Crippen molar-refractivity contribution in [1.29, 1.82) is 0 Å². The average molecular weight is 244 g/mol. The third kappa shape index (κ3) is 3.07. The van der Waals surface area contributed by atoms with E-state index in [-0.39, 0.29) is 18.9 Å². The van der Waals surface area contributed by atoms with Gasteiger partial charge in [-0.1, -0.05) is 48.5 Å². The molecule has 0 unspecified atom stereocenters. The van der Waals surface area contributed by atoms with Crippen molar-refractivity contribution in [3.05, 3.63) is 66.1 Å². The zero-order valence-corrected chi connectivity index (χ0v) is 11.2. The van der Waals surface area contributed by atoms with E-state index in [4.69, 9.17) is 9.31 Å². The Kier molecular flexibility index (Phi) is 4.09. The molecule has 2 aromatic carbocycles. The fraction of sp³-hybridized carbons (Fsp3) is 0.0667. The fourth-order valence-electron chi connectivity index (χ4n) is 2.10. The monoisotopic (exact) mass is 244 g/mol. The summed E-state index contributed by atoms with van der Waals surface area (Å²) >= 11 is 0. The molecule has 19 heavy (non-hydrogen) atoms. The molecule has 0 spiro atoms. The van der Waals surface area contributed by atoms with E-state index in [1.54, 1.807) is 0 Å². The maximum Gasteiger partial charge on any atom is 1.00 e. The van der Waals surface area contributed by atoms with E-state index in [0.717, 1.165) is 17.1 Å². The predicted molar refractivity (Wildman–Crippen MR) is 74.8 cm³/mol. The Morgan fingerprint density at radius 1 is 0.842 bits per heavy atom. The molecular formula is C15H14BLiO2. The Morgan fingerprint density at radius 3 is 1.95 bits per heavy atom. The molecule has 0 aromatic heterocycles. The fourth-order valence-corrected chi connectivity index (χ4v) is 2.10. The molecule has 0 bridgehead atoms. The summed E-state index contributed by atoms with van der Waals surface area (Å²) in [6.07, 6.45) is 2.03. The molecule has 0 saturated heterocycles. The number of benzene rings is 2. The molecular weight excluding hydrogens is 230 g/mol. The second-order valence-electron chi connectivity index (χ2n) is 4.63. The third-order valence-corrected chi connectivity index (χ3v) is 3.01. The zero-order chi connectivity index (χ0) is 12.4. The normalized spacial score (nSPS) is 15.2. The SMILES string of the molecule is C[B-]1(/C=C/c2ccccc2)Oc2ccccc2O1.[Li+]. The van der Waals surface area contributed by atoms with E-state index < -0.39 is 6.55 Å². The Balaban J connectivity index is 0.00000133. The third-order valence-electron chi connectivity index (χ3n) is 3.01. The van der Waals surface area contributed by atoms with Crippen molar-refractivity contribution in [3.8, 4) is 11.5 Å². The second-order valence-corrected chi connectivity index (χ2v) is 4.63. The number of para-hydroxylation sites is 2. The number of fused-ring (bicyclic) bond motifs is 1. The van der Waals surface area contributed by atoms with E-state index in [9.17, 15) is 0 Å². The topological polar surface area (TPSA) is 18.5 Å². The summed E-state index contributed by atoms with van der Waals surface area (Å²) < 4.78 is 11.7. The summed E-state index contributed by atoms with van der Waals surface area (Å²) in [5, 5.41) is 0. The summed E-state index contributed by atoms with van der Waals surface area (Å²) in [5.74, 6) is 3.63. The summed E-state index contributed by atoms with van der Waals surface area (Å²) in [7, 11) is 0. The van der Waals surface area contributed by atoms with Crippen LogP contribution in [0.4, 0.5) is 0 Å². The molecule has 0 amide bonds. The van der Waals surface area contributed by atoms with Crippen molar-refractivity contribution in [1.82, 2.24) is 0 Å². The molecule has 1 aliphatic heterocycles. The smallest absolute Gasteiger partial charge is 0.677 e. The quantitative estimate of drug-likeness (QED) is 0.727. The van der Waals surface area contributed by atoms with Gasteiger partial charge in [0, 0.05) is 0 Å². The first-order chi connectivity index (χ1) is 8.75. The van der Waals surface area contributed by atoms with Crippen molar-refractivity contribution >= 4 is 12.6 Å². The minimum Gasteiger partial charge on any atom is -0.677 e. The molecule has 1 aliphatic rings. The minimum absolute atomic E-state index is 0. The van der Waals surface area contributed by atoms with Crippen molar-refractivity contribution in [2.75, 3.05) is 0 Å². The van der Waals surface area contributed by atoms with E-state index in [1.807, 2.05) is 61.3 Å². The molecule has 2 nitrogen and oxygen atoms in total. The van der Waals surface area contributed by atoms with E-state index in [2.05, 4.69) is 12.1 Å². The van der Waals surface area contributed by atoms with E-state index >= 15 is 0 Å². The molecule has 3 rings (SSSR count). The standard InChI is InChI=1S/C15H14BO2.Li/c1-16(12-11-13-7-3-2-4-8-13)17-14-9-5-6-10-15(14)18-16;/h2-12H,1H3;/q-1;+1/b12-11+;. The van der Waals surface area contributed by atoms with Gasteiger partial charge >= 0.3 is 25.4 Å². The average Bonchev–Trinajstić information content (AvgIpc) is 2.74. The van der Waals surface area contributed by atoms with Crippen molar-refractivity contribution < 1.29 is 28.2 Å². The van der Waals surface area contributed by atoms with Crippen LogP contribution in [-0.4, -0.2) is 6.55 Å². The van der Waals surface area contributed by atoms with Crippen LogP contribution in [0.5, 0.6) is 11.5 Å². The largest absolute Gasteiger partial charge is 1.00 e. The van der Waals surface area contributed by atoms with Gasteiger partial charge in [0.25, 0.3) is 0 Å². The molecule has 0 saturated carbocycles. The van der Waals surface area contributed by atoms with Gasteiger partial charge in [-0.15, -0.1) is 6.82 Å². The maximum absolute atomic E-state index is 5.87. The Morgan fingerprint density at radius 2 is 1.37 bits per heavy atom. The van der Waals surface area contributed by atoms with Gasteiger partial charge in [0.1, 0.15) is 11.5 Å². The molecule has 90 valence electrons. The zero-order valence-electron chi connectivity index (χ0n) is 11.2. The molecule has 0 radical (unpaired) electrons. The Bertz CT molecular complexity index is 559. The molecule has 0 N–H and O–H groups in total. The first kappa shape index (κ1) is 13.9. The van der Waals surface area contributed by atoms with Crippen LogP contribution in [0, 0.1) is 0 Å². The van der Waals surface area contributed by atoms with Gasteiger partial charge in [0.2, 0.25) is 0 Å². The van der Waals surface area contributed by atoms with Gasteiger partial charge in [-0.2, -0.15) is 5.98 Å². The first-order valence-corrected chi connectivity index (χ1v) is 6.15. The summed E-state index contributed by atoms with van der Waals surface area (Å²) in [6.45, 7) is 0.560.